The quantitative estimate of drug-likeness (QED) is 0.661. The van der Waals surface area contributed by atoms with Gasteiger partial charge in [0.1, 0.15) is 5.82 Å². The molecule has 0 aromatic heterocycles. The number of nitrogens with one attached hydrogen (secondary N) is 1. The van der Waals surface area contributed by atoms with Crippen molar-refractivity contribution in [3.63, 3.8) is 0 Å². The third-order valence-electron chi connectivity index (χ3n) is 2.70. The second-order valence-electron chi connectivity index (χ2n) is 4.02. The largest absolute Gasteiger partial charge is 0.465 e. The Morgan fingerprint density at radius 3 is 2.70 bits per heavy atom. The van der Waals surface area contributed by atoms with Crippen LogP contribution in [0.15, 0.2) is 40.9 Å². The highest BCUT2D eigenvalue weighted by Gasteiger charge is 2.11. The number of carbonyl (C=O) groups is 1. The van der Waals surface area contributed by atoms with Gasteiger partial charge >= 0.3 is 5.97 Å². The van der Waals surface area contributed by atoms with Crippen LogP contribution in [0.25, 0.3) is 0 Å². The van der Waals surface area contributed by atoms with E-state index < -0.39 is 11.8 Å². The Labute approximate surface area is 123 Å². The van der Waals surface area contributed by atoms with Gasteiger partial charge in [-0.2, -0.15) is 0 Å². The molecular weight excluding hydrogens is 327 g/mol. The van der Waals surface area contributed by atoms with Gasteiger partial charge in [0.25, 0.3) is 0 Å². The molecule has 2 rings (SSSR count). The summed E-state index contributed by atoms with van der Waals surface area (Å²) in [4.78, 5) is 11.4. The molecule has 0 aliphatic carbocycles. The van der Waals surface area contributed by atoms with Gasteiger partial charge in [-0.3, -0.25) is 0 Å². The molecule has 2 aromatic rings. The van der Waals surface area contributed by atoms with Crippen LogP contribution in [0, 0.1) is 5.82 Å². The number of anilines is 3. The van der Waals surface area contributed by atoms with Crippen LogP contribution < -0.4 is 11.1 Å². The van der Waals surface area contributed by atoms with Gasteiger partial charge in [0.05, 0.1) is 29.7 Å². The molecule has 0 heterocycles. The van der Waals surface area contributed by atoms with Crippen molar-refractivity contribution >= 4 is 39.0 Å². The molecule has 3 N–H and O–H groups in total. The predicted octanol–water partition coefficient (Wildman–Crippen LogP) is 3.70. The standard InChI is InChI=1S/C14H12BrFN2O2/c1-20-14(19)8-5-6-12(11(17)7-8)18-13-9(15)3-2-4-10(13)16/h2-7,18H,17H2,1H3. The number of hydrogen-bond donors (Lipinski definition) is 2. The molecule has 0 bridgehead atoms. The van der Waals surface area contributed by atoms with E-state index in [0.717, 1.165) is 0 Å². The monoisotopic (exact) mass is 338 g/mol. The van der Waals surface area contributed by atoms with Crippen LogP contribution in [0.3, 0.4) is 0 Å². The summed E-state index contributed by atoms with van der Waals surface area (Å²) in [6.45, 7) is 0. The van der Waals surface area contributed by atoms with Crippen molar-refractivity contribution in [1.29, 1.82) is 0 Å². The van der Waals surface area contributed by atoms with Crippen molar-refractivity contribution in [2.45, 2.75) is 0 Å². The Bertz CT molecular complexity index is 641. The fourth-order valence-electron chi connectivity index (χ4n) is 1.67. The Hall–Kier alpha value is -2.08. The van der Waals surface area contributed by atoms with E-state index in [1.807, 2.05) is 0 Å². The van der Waals surface area contributed by atoms with Gasteiger partial charge in [-0.15, -0.1) is 0 Å². The number of para-hydroxylation sites is 1. The maximum absolute atomic E-state index is 13.7. The van der Waals surface area contributed by atoms with Crippen molar-refractivity contribution in [1.82, 2.24) is 0 Å². The fourth-order valence-corrected chi connectivity index (χ4v) is 2.11. The van der Waals surface area contributed by atoms with E-state index in [2.05, 4.69) is 26.0 Å². The van der Waals surface area contributed by atoms with Gasteiger partial charge in [-0.1, -0.05) is 6.07 Å². The lowest BCUT2D eigenvalue weighted by atomic mass is 10.1. The minimum atomic E-state index is -0.477. The topological polar surface area (TPSA) is 64.3 Å². The number of ether oxygens (including phenoxy) is 1. The fraction of sp³-hybridized carbons (Fsp3) is 0.0714. The van der Waals surface area contributed by atoms with Crippen LogP contribution in [0.2, 0.25) is 0 Å². The number of hydrogen-bond acceptors (Lipinski definition) is 4. The molecule has 0 saturated heterocycles. The van der Waals surface area contributed by atoms with Gasteiger partial charge < -0.3 is 15.8 Å². The molecular formula is C14H12BrFN2O2. The van der Waals surface area contributed by atoms with Gasteiger partial charge in [0, 0.05) is 4.47 Å². The normalized spacial score (nSPS) is 10.2. The molecule has 0 spiro atoms. The Morgan fingerprint density at radius 1 is 1.35 bits per heavy atom. The highest BCUT2D eigenvalue weighted by molar-refractivity contribution is 9.10. The second kappa shape index (κ2) is 5.92. The van der Waals surface area contributed by atoms with Crippen LogP contribution >= 0.6 is 15.9 Å². The molecule has 4 nitrogen and oxygen atoms in total. The SMILES string of the molecule is COC(=O)c1ccc(Nc2c(F)cccc2Br)c(N)c1. The molecule has 0 saturated carbocycles. The van der Waals surface area contributed by atoms with E-state index in [9.17, 15) is 9.18 Å². The van der Waals surface area contributed by atoms with Gasteiger partial charge in [-0.25, -0.2) is 9.18 Å². The smallest absolute Gasteiger partial charge is 0.337 e. The summed E-state index contributed by atoms with van der Waals surface area (Å²) in [5, 5.41) is 2.89. The molecule has 0 fully saturated rings. The number of methoxy groups -OCH3 is 1. The molecule has 0 radical (unpaired) electrons. The molecule has 6 heteroatoms. The average Bonchev–Trinajstić information content (AvgIpc) is 2.43. The maximum atomic E-state index is 13.7. The molecule has 0 aliphatic rings. The predicted molar refractivity (Wildman–Crippen MR) is 79.6 cm³/mol. The van der Waals surface area contributed by atoms with Crippen molar-refractivity contribution in [3.8, 4) is 0 Å². The zero-order valence-corrected chi connectivity index (χ0v) is 12.2. The zero-order chi connectivity index (χ0) is 14.7. The van der Waals surface area contributed by atoms with Crippen molar-refractivity contribution in [2.75, 3.05) is 18.2 Å². The van der Waals surface area contributed by atoms with Crippen LogP contribution in [0.1, 0.15) is 10.4 Å². The Kier molecular flexibility index (Phi) is 4.24. The summed E-state index contributed by atoms with van der Waals surface area (Å²) in [6.07, 6.45) is 0. The lowest BCUT2D eigenvalue weighted by Gasteiger charge is -2.12. The maximum Gasteiger partial charge on any atom is 0.337 e. The number of halogens is 2. The Morgan fingerprint density at radius 2 is 2.10 bits per heavy atom. The van der Waals surface area contributed by atoms with E-state index >= 15 is 0 Å². The highest BCUT2D eigenvalue weighted by atomic mass is 79.9. The summed E-state index contributed by atoms with van der Waals surface area (Å²) in [7, 11) is 1.29. The summed E-state index contributed by atoms with van der Waals surface area (Å²) in [5.74, 6) is -0.883. The molecule has 104 valence electrons. The first-order valence-corrected chi connectivity index (χ1v) is 6.51. The number of nitrogen functional groups attached to an aromatic ring is 1. The van der Waals surface area contributed by atoms with Gasteiger partial charge in [0.2, 0.25) is 0 Å². The summed E-state index contributed by atoms with van der Waals surface area (Å²) < 4.78 is 18.9. The van der Waals surface area contributed by atoms with E-state index in [1.54, 1.807) is 24.3 Å². The molecule has 0 unspecified atom stereocenters. The molecule has 0 atom stereocenters. The van der Waals surface area contributed by atoms with E-state index in [-0.39, 0.29) is 5.69 Å². The first kappa shape index (κ1) is 14.3. The minimum absolute atomic E-state index is 0.282. The third kappa shape index (κ3) is 2.91. The number of benzene rings is 2. The molecule has 20 heavy (non-hydrogen) atoms. The van der Waals surface area contributed by atoms with Crippen LogP contribution in [0.5, 0.6) is 0 Å². The second-order valence-corrected chi connectivity index (χ2v) is 4.87. The van der Waals surface area contributed by atoms with Crippen molar-refractivity contribution in [3.05, 3.63) is 52.3 Å². The van der Waals surface area contributed by atoms with Crippen LogP contribution in [0.4, 0.5) is 21.5 Å². The summed E-state index contributed by atoms with van der Waals surface area (Å²) in [5.41, 5.74) is 7.30. The molecule has 0 aliphatic heterocycles. The molecule has 0 amide bonds. The highest BCUT2D eigenvalue weighted by Crippen LogP contribution is 2.31. The molecule has 2 aromatic carbocycles. The number of esters is 1. The van der Waals surface area contributed by atoms with Crippen molar-refractivity contribution in [2.24, 2.45) is 0 Å². The third-order valence-corrected chi connectivity index (χ3v) is 3.36. The average molecular weight is 339 g/mol. The lowest BCUT2D eigenvalue weighted by molar-refractivity contribution is 0.0601. The first-order chi connectivity index (χ1) is 9.52. The Balaban J connectivity index is 2.33. The minimum Gasteiger partial charge on any atom is -0.465 e. The van der Waals surface area contributed by atoms with Gasteiger partial charge in [-0.05, 0) is 46.3 Å². The van der Waals surface area contributed by atoms with Crippen molar-refractivity contribution < 1.29 is 13.9 Å². The number of carbonyl (C=O) groups excluding carboxylic acids is 1. The lowest BCUT2D eigenvalue weighted by Crippen LogP contribution is -2.04. The van der Waals surface area contributed by atoms with Crippen LogP contribution in [-0.2, 0) is 4.74 Å². The summed E-state index contributed by atoms with van der Waals surface area (Å²) >= 11 is 3.26. The van der Waals surface area contributed by atoms with Gasteiger partial charge in [0.15, 0.2) is 0 Å². The summed E-state index contributed by atoms with van der Waals surface area (Å²) in [6, 6.07) is 9.27. The number of nitrogens with two attached hydrogens (primary N) is 1. The first-order valence-electron chi connectivity index (χ1n) is 5.72. The van der Waals surface area contributed by atoms with E-state index in [0.29, 0.717) is 21.4 Å². The van der Waals surface area contributed by atoms with E-state index in [1.165, 1.54) is 19.2 Å². The number of rotatable bonds is 3. The van der Waals surface area contributed by atoms with Crippen LogP contribution in [-0.4, -0.2) is 13.1 Å². The van der Waals surface area contributed by atoms with E-state index in [4.69, 9.17) is 5.73 Å². The zero-order valence-electron chi connectivity index (χ0n) is 10.6.